The fraction of sp³-hybridized carbons (Fsp3) is 0.588. The summed E-state index contributed by atoms with van der Waals surface area (Å²) in [5.74, 6) is 0. The standard InChI is InChI=1S/C17H25ClN2O2/c1-17(2,3)22-16(21)20-15-6-4-5-14(15)19-11-12-7-9-13(18)10-8-12/h7-10,14-15,19H,4-6,11H2,1-3H3,(H,20,21). The van der Waals surface area contributed by atoms with E-state index in [0.717, 1.165) is 30.8 Å². The minimum Gasteiger partial charge on any atom is -0.444 e. The lowest BCUT2D eigenvalue weighted by molar-refractivity contribution is 0.0498. The van der Waals surface area contributed by atoms with Gasteiger partial charge in [0.1, 0.15) is 5.60 Å². The quantitative estimate of drug-likeness (QED) is 0.883. The smallest absolute Gasteiger partial charge is 0.407 e. The summed E-state index contributed by atoms with van der Waals surface area (Å²) < 4.78 is 5.33. The minimum atomic E-state index is -0.463. The minimum absolute atomic E-state index is 0.127. The molecular weight excluding hydrogens is 300 g/mol. The highest BCUT2D eigenvalue weighted by molar-refractivity contribution is 6.30. The lowest BCUT2D eigenvalue weighted by Gasteiger charge is -2.25. The molecule has 1 amide bonds. The van der Waals surface area contributed by atoms with E-state index in [1.807, 2.05) is 45.0 Å². The zero-order valence-electron chi connectivity index (χ0n) is 13.5. The molecule has 1 fully saturated rings. The fourth-order valence-electron chi connectivity index (χ4n) is 2.69. The average Bonchev–Trinajstić information content (AvgIpc) is 2.83. The van der Waals surface area contributed by atoms with Crippen molar-refractivity contribution in [3.8, 4) is 0 Å². The Morgan fingerprint density at radius 1 is 1.23 bits per heavy atom. The summed E-state index contributed by atoms with van der Waals surface area (Å²) in [5.41, 5.74) is 0.724. The van der Waals surface area contributed by atoms with E-state index >= 15 is 0 Å². The Hall–Kier alpha value is -1.26. The number of nitrogens with one attached hydrogen (secondary N) is 2. The van der Waals surface area contributed by atoms with E-state index in [4.69, 9.17) is 16.3 Å². The molecule has 0 radical (unpaired) electrons. The first-order valence-corrected chi connectivity index (χ1v) is 8.18. The summed E-state index contributed by atoms with van der Waals surface area (Å²) >= 11 is 5.89. The summed E-state index contributed by atoms with van der Waals surface area (Å²) in [6.07, 6.45) is 2.82. The third kappa shape index (κ3) is 5.50. The number of hydrogen-bond acceptors (Lipinski definition) is 3. The van der Waals surface area contributed by atoms with Gasteiger partial charge in [0.15, 0.2) is 0 Å². The molecule has 0 aliphatic heterocycles. The molecule has 0 bridgehead atoms. The normalized spacial score (nSPS) is 21.6. The highest BCUT2D eigenvalue weighted by Gasteiger charge is 2.29. The van der Waals surface area contributed by atoms with Crippen LogP contribution in [-0.2, 0) is 11.3 Å². The van der Waals surface area contributed by atoms with Crippen LogP contribution in [0, 0.1) is 0 Å². The van der Waals surface area contributed by atoms with E-state index < -0.39 is 5.60 Å². The van der Waals surface area contributed by atoms with Crippen molar-refractivity contribution in [1.29, 1.82) is 0 Å². The molecule has 1 aromatic rings. The van der Waals surface area contributed by atoms with E-state index in [9.17, 15) is 4.79 Å². The van der Waals surface area contributed by atoms with Crippen LogP contribution in [0.1, 0.15) is 45.6 Å². The van der Waals surface area contributed by atoms with Crippen LogP contribution in [0.3, 0.4) is 0 Å². The van der Waals surface area contributed by atoms with Gasteiger partial charge in [-0.3, -0.25) is 0 Å². The highest BCUT2D eigenvalue weighted by Crippen LogP contribution is 2.20. The fourth-order valence-corrected chi connectivity index (χ4v) is 2.81. The number of ether oxygens (including phenoxy) is 1. The summed E-state index contributed by atoms with van der Waals surface area (Å²) in [6, 6.07) is 8.22. The Balaban J connectivity index is 1.82. The van der Waals surface area contributed by atoms with Gasteiger partial charge in [-0.25, -0.2) is 4.79 Å². The lowest BCUT2D eigenvalue weighted by atomic mass is 10.1. The largest absolute Gasteiger partial charge is 0.444 e. The van der Waals surface area contributed by atoms with Crippen molar-refractivity contribution in [2.24, 2.45) is 0 Å². The number of carbonyl (C=O) groups excluding carboxylic acids is 1. The van der Waals surface area contributed by atoms with E-state index in [2.05, 4.69) is 10.6 Å². The highest BCUT2D eigenvalue weighted by atomic mass is 35.5. The Morgan fingerprint density at radius 2 is 1.86 bits per heavy atom. The molecule has 0 heterocycles. The molecule has 2 atom stereocenters. The van der Waals surface area contributed by atoms with Gasteiger partial charge in [0, 0.05) is 23.7 Å². The molecule has 22 heavy (non-hydrogen) atoms. The molecule has 2 N–H and O–H groups in total. The molecule has 0 aromatic heterocycles. The second-order valence-electron chi connectivity index (χ2n) is 6.80. The van der Waals surface area contributed by atoms with Crippen LogP contribution in [0.25, 0.3) is 0 Å². The van der Waals surface area contributed by atoms with Crippen LogP contribution in [-0.4, -0.2) is 23.8 Å². The van der Waals surface area contributed by atoms with Crippen LogP contribution in [0.15, 0.2) is 24.3 Å². The van der Waals surface area contributed by atoms with Gasteiger partial charge in [-0.1, -0.05) is 23.7 Å². The third-order valence-corrected chi connectivity index (χ3v) is 3.95. The van der Waals surface area contributed by atoms with Crippen molar-refractivity contribution >= 4 is 17.7 Å². The monoisotopic (exact) mass is 324 g/mol. The van der Waals surface area contributed by atoms with Gasteiger partial charge >= 0.3 is 6.09 Å². The Kier molecular flexibility index (Phi) is 5.70. The van der Waals surface area contributed by atoms with Crippen molar-refractivity contribution in [2.75, 3.05) is 0 Å². The predicted molar refractivity (Wildman–Crippen MR) is 89.1 cm³/mol. The number of rotatable bonds is 4. The van der Waals surface area contributed by atoms with Gasteiger partial charge in [-0.2, -0.15) is 0 Å². The maximum atomic E-state index is 11.9. The van der Waals surface area contributed by atoms with Crippen molar-refractivity contribution < 1.29 is 9.53 Å². The van der Waals surface area contributed by atoms with Crippen LogP contribution < -0.4 is 10.6 Å². The summed E-state index contributed by atoms with van der Waals surface area (Å²) in [5, 5.41) is 7.25. The first kappa shape index (κ1) is 17.1. The Labute approximate surface area is 137 Å². The summed E-state index contributed by atoms with van der Waals surface area (Å²) in [7, 11) is 0. The molecule has 1 aliphatic carbocycles. The molecule has 1 aliphatic rings. The maximum Gasteiger partial charge on any atom is 0.407 e. The van der Waals surface area contributed by atoms with Crippen molar-refractivity contribution in [3.05, 3.63) is 34.9 Å². The first-order valence-electron chi connectivity index (χ1n) is 7.81. The number of amides is 1. The molecule has 2 unspecified atom stereocenters. The number of benzene rings is 1. The van der Waals surface area contributed by atoms with Crippen LogP contribution in [0.2, 0.25) is 5.02 Å². The van der Waals surface area contributed by atoms with E-state index in [-0.39, 0.29) is 18.2 Å². The summed E-state index contributed by atoms with van der Waals surface area (Å²) in [6.45, 7) is 6.39. The van der Waals surface area contributed by atoms with Gasteiger partial charge in [-0.15, -0.1) is 0 Å². The van der Waals surface area contributed by atoms with Gasteiger partial charge in [0.2, 0.25) is 0 Å². The summed E-state index contributed by atoms with van der Waals surface area (Å²) in [4.78, 5) is 11.9. The van der Waals surface area contributed by atoms with E-state index in [1.54, 1.807) is 0 Å². The molecule has 0 spiro atoms. The molecule has 5 heteroatoms. The molecule has 1 aromatic carbocycles. The zero-order chi connectivity index (χ0) is 16.2. The second kappa shape index (κ2) is 7.34. The molecule has 2 rings (SSSR count). The second-order valence-corrected chi connectivity index (χ2v) is 7.23. The van der Waals surface area contributed by atoms with Gasteiger partial charge in [-0.05, 0) is 57.7 Å². The predicted octanol–water partition coefficient (Wildman–Crippen LogP) is 3.88. The SMILES string of the molecule is CC(C)(C)OC(=O)NC1CCCC1NCc1ccc(Cl)cc1. The van der Waals surface area contributed by atoms with Crippen molar-refractivity contribution in [2.45, 2.75) is 64.3 Å². The lowest BCUT2D eigenvalue weighted by Crippen LogP contribution is -2.47. The number of halogens is 1. The number of hydrogen-bond donors (Lipinski definition) is 2. The topological polar surface area (TPSA) is 50.4 Å². The van der Waals surface area contributed by atoms with Gasteiger partial charge < -0.3 is 15.4 Å². The van der Waals surface area contributed by atoms with Crippen LogP contribution in [0.4, 0.5) is 4.79 Å². The van der Waals surface area contributed by atoms with Gasteiger partial charge in [0.05, 0.1) is 0 Å². The third-order valence-electron chi connectivity index (χ3n) is 3.70. The van der Waals surface area contributed by atoms with E-state index in [0.29, 0.717) is 0 Å². The van der Waals surface area contributed by atoms with Crippen molar-refractivity contribution in [3.63, 3.8) is 0 Å². The van der Waals surface area contributed by atoms with E-state index in [1.165, 1.54) is 5.56 Å². The zero-order valence-corrected chi connectivity index (χ0v) is 14.2. The number of carbonyl (C=O) groups is 1. The molecule has 4 nitrogen and oxygen atoms in total. The van der Waals surface area contributed by atoms with Crippen molar-refractivity contribution in [1.82, 2.24) is 10.6 Å². The Bertz CT molecular complexity index is 496. The van der Waals surface area contributed by atoms with Crippen LogP contribution >= 0.6 is 11.6 Å². The average molecular weight is 325 g/mol. The first-order chi connectivity index (χ1) is 10.3. The molecular formula is C17H25ClN2O2. The number of alkyl carbamates (subject to hydrolysis) is 1. The van der Waals surface area contributed by atoms with Crippen LogP contribution in [0.5, 0.6) is 0 Å². The Morgan fingerprint density at radius 3 is 2.50 bits per heavy atom. The maximum absolute atomic E-state index is 11.9. The molecule has 0 saturated heterocycles. The molecule has 1 saturated carbocycles. The van der Waals surface area contributed by atoms with Gasteiger partial charge in [0.25, 0.3) is 0 Å². The molecule has 122 valence electrons.